The first-order chi connectivity index (χ1) is 10.3. The van der Waals surface area contributed by atoms with Gasteiger partial charge in [0.05, 0.1) is 23.8 Å². The zero-order valence-corrected chi connectivity index (χ0v) is 12.0. The van der Waals surface area contributed by atoms with Gasteiger partial charge in [0.15, 0.2) is 0 Å². The smallest absolute Gasteiger partial charge is 0.240 e. The van der Waals surface area contributed by atoms with E-state index in [-0.39, 0.29) is 5.91 Å². The number of aromatic nitrogens is 2. The van der Waals surface area contributed by atoms with Gasteiger partial charge in [0.1, 0.15) is 0 Å². The van der Waals surface area contributed by atoms with Crippen LogP contribution < -0.4 is 11.2 Å². The van der Waals surface area contributed by atoms with Gasteiger partial charge in [-0.25, -0.2) is 5.43 Å². The summed E-state index contributed by atoms with van der Waals surface area (Å²) in [4.78, 5) is 20.0. The summed E-state index contributed by atoms with van der Waals surface area (Å²) in [5, 5.41) is 3.96. The fourth-order valence-electron chi connectivity index (χ4n) is 1.93. The van der Waals surface area contributed by atoms with E-state index in [4.69, 9.17) is 0 Å². The van der Waals surface area contributed by atoms with Gasteiger partial charge in [-0.15, -0.1) is 0 Å². The van der Waals surface area contributed by atoms with Crippen LogP contribution >= 0.6 is 0 Å². The van der Waals surface area contributed by atoms with Crippen LogP contribution in [0.3, 0.4) is 0 Å². The number of rotatable bonds is 7. The van der Waals surface area contributed by atoms with Crippen molar-refractivity contribution in [3.63, 3.8) is 0 Å². The van der Waals surface area contributed by atoms with Gasteiger partial charge in [0.25, 0.3) is 0 Å². The Morgan fingerprint density at radius 2 is 2.00 bits per heavy atom. The van der Waals surface area contributed by atoms with Gasteiger partial charge in [0.2, 0.25) is 5.91 Å². The summed E-state index contributed by atoms with van der Waals surface area (Å²) < 4.78 is 0. The number of hydrogen-bond acceptors (Lipinski definition) is 4. The third kappa shape index (κ3) is 4.92. The minimum atomic E-state index is -0.0594. The minimum absolute atomic E-state index is 0.0594. The Balaban J connectivity index is 1.83. The van der Waals surface area contributed by atoms with Crippen LogP contribution in [0.1, 0.15) is 31.2 Å². The number of carbonyl (C=O) groups is 1. The number of nitrogens with zero attached hydrogens (tertiary/aromatic N) is 3. The van der Waals surface area contributed by atoms with E-state index in [2.05, 4.69) is 26.2 Å². The maximum atomic E-state index is 11.5. The first-order valence-electron chi connectivity index (χ1n) is 7.11. The van der Waals surface area contributed by atoms with Crippen molar-refractivity contribution in [2.75, 3.05) is 6.54 Å². The molecule has 110 valence electrons. The molecule has 6 heteroatoms. The molecule has 4 N–H and O–H groups in total. The first kappa shape index (κ1) is 15.1. The largest absolute Gasteiger partial charge is 0.358 e. The Labute approximate surface area is 123 Å². The Bertz CT molecular complexity index is 626. The standard InChI is InChI=1S/C15H19N5O/c16-7-3-1-2-4-15(21)20-19-11-12-5-6-13-14(10-12)18-9-8-17-13/h5-6,8-11H,1-4,7,16H2,(H,20,21)/p+1. The van der Waals surface area contributed by atoms with E-state index in [1.165, 1.54) is 0 Å². The van der Waals surface area contributed by atoms with Crippen LogP contribution in [0, 0.1) is 0 Å². The maximum Gasteiger partial charge on any atom is 0.240 e. The number of hydrazone groups is 1. The molecule has 0 bridgehead atoms. The number of benzene rings is 1. The predicted molar refractivity (Wildman–Crippen MR) is 81.5 cm³/mol. The van der Waals surface area contributed by atoms with Gasteiger partial charge in [-0.05, 0) is 37.0 Å². The Hall–Kier alpha value is -2.34. The predicted octanol–water partition coefficient (Wildman–Crippen LogP) is 0.882. The minimum Gasteiger partial charge on any atom is -0.358 e. The Morgan fingerprint density at radius 1 is 1.19 bits per heavy atom. The summed E-state index contributed by atoms with van der Waals surface area (Å²) >= 11 is 0. The fraction of sp³-hybridized carbons (Fsp3) is 0.333. The maximum absolute atomic E-state index is 11.5. The summed E-state index contributed by atoms with van der Waals surface area (Å²) in [5.74, 6) is -0.0594. The zero-order valence-electron chi connectivity index (χ0n) is 12.0. The van der Waals surface area contributed by atoms with Crippen LogP contribution in [0.2, 0.25) is 0 Å². The summed E-state index contributed by atoms with van der Waals surface area (Å²) in [6, 6.07) is 5.65. The van der Waals surface area contributed by atoms with Crippen molar-refractivity contribution in [2.45, 2.75) is 25.7 Å². The number of unbranched alkanes of at least 4 members (excludes halogenated alkanes) is 2. The molecule has 21 heavy (non-hydrogen) atoms. The number of amides is 1. The Kier molecular flexibility index (Phi) is 5.78. The second-order valence-corrected chi connectivity index (χ2v) is 4.76. The number of nitrogens with one attached hydrogen (secondary N) is 1. The highest BCUT2D eigenvalue weighted by Gasteiger charge is 1.99. The molecule has 0 aliphatic rings. The van der Waals surface area contributed by atoms with Crippen LogP contribution in [0.15, 0.2) is 35.7 Å². The van der Waals surface area contributed by atoms with Crippen molar-refractivity contribution >= 4 is 23.2 Å². The SMILES string of the molecule is [NH3+]CCCCCC(=O)NN=Cc1ccc2nccnc2c1. The quantitative estimate of drug-likeness (QED) is 0.449. The molecule has 1 heterocycles. The second kappa shape index (κ2) is 8.06. The van der Waals surface area contributed by atoms with Crippen LogP contribution in [-0.4, -0.2) is 28.6 Å². The van der Waals surface area contributed by atoms with E-state index in [9.17, 15) is 4.79 Å². The van der Waals surface area contributed by atoms with E-state index < -0.39 is 0 Å². The number of hydrogen-bond donors (Lipinski definition) is 2. The normalized spacial score (nSPS) is 11.1. The molecule has 0 aliphatic carbocycles. The van der Waals surface area contributed by atoms with E-state index >= 15 is 0 Å². The molecule has 0 saturated carbocycles. The molecule has 2 aromatic rings. The molecule has 0 spiro atoms. The summed E-state index contributed by atoms with van der Waals surface area (Å²) in [6.07, 6.45) is 8.39. The van der Waals surface area contributed by atoms with Crippen molar-refractivity contribution in [3.8, 4) is 0 Å². The first-order valence-corrected chi connectivity index (χ1v) is 7.11. The zero-order chi connectivity index (χ0) is 14.9. The van der Waals surface area contributed by atoms with Gasteiger partial charge in [-0.1, -0.05) is 6.07 Å². The van der Waals surface area contributed by atoms with Crippen molar-refractivity contribution in [2.24, 2.45) is 5.10 Å². The molecule has 0 atom stereocenters. The summed E-state index contributed by atoms with van der Waals surface area (Å²) in [6.45, 7) is 0.921. The Morgan fingerprint density at radius 3 is 2.81 bits per heavy atom. The van der Waals surface area contributed by atoms with Gasteiger partial charge >= 0.3 is 0 Å². The number of quaternary nitrogens is 1. The monoisotopic (exact) mass is 286 g/mol. The fourth-order valence-corrected chi connectivity index (χ4v) is 1.93. The molecule has 1 amide bonds. The average molecular weight is 286 g/mol. The molecule has 0 radical (unpaired) electrons. The van der Waals surface area contributed by atoms with Crippen LogP contribution in [0.4, 0.5) is 0 Å². The third-order valence-electron chi connectivity index (χ3n) is 3.05. The van der Waals surface area contributed by atoms with Gasteiger partial charge in [0, 0.05) is 18.8 Å². The van der Waals surface area contributed by atoms with Crippen LogP contribution in [-0.2, 0) is 4.79 Å². The highest BCUT2D eigenvalue weighted by atomic mass is 16.2. The second-order valence-electron chi connectivity index (χ2n) is 4.76. The summed E-state index contributed by atoms with van der Waals surface area (Å²) in [7, 11) is 0. The average Bonchev–Trinajstić information content (AvgIpc) is 2.51. The van der Waals surface area contributed by atoms with E-state index in [1.54, 1.807) is 18.6 Å². The van der Waals surface area contributed by atoms with Crippen molar-refractivity contribution in [3.05, 3.63) is 36.2 Å². The molecular weight excluding hydrogens is 266 g/mol. The number of carbonyl (C=O) groups excluding carboxylic acids is 1. The lowest BCUT2D eigenvalue weighted by atomic mass is 10.2. The van der Waals surface area contributed by atoms with Crippen molar-refractivity contribution in [1.82, 2.24) is 15.4 Å². The lowest BCUT2D eigenvalue weighted by Crippen LogP contribution is -2.50. The number of fused-ring (bicyclic) bond motifs is 1. The molecule has 0 saturated heterocycles. The third-order valence-corrected chi connectivity index (χ3v) is 3.05. The lowest BCUT2D eigenvalue weighted by molar-refractivity contribution is -0.368. The van der Waals surface area contributed by atoms with Crippen LogP contribution in [0.5, 0.6) is 0 Å². The summed E-state index contributed by atoms with van der Waals surface area (Å²) in [5.41, 5.74) is 8.83. The lowest BCUT2D eigenvalue weighted by Gasteiger charge is -2.00. The molecule has 0 fully saturated rings. The van der Waals surface area contributed by atoms with E-state index in [1.807, 2.05) is 18.2 Å². The molecular formula is C15H20N5O+. The van der Waals surface area contributed by atoms with E-state index in [0.29, 0.717) is 6.42 Å². The topological polar surface area (TPSA) is 94.9 Å². The highest BCUT2D eigenvalue weighted by Crippen LogP contribution is 2.09. The highest BCUT2D eigenvalue weighted by molar-refractivity contribution is 5.87. The van der Waals surface area contributed by atoms with Gasteiger partial charge in [-0.3, -0.25) is 14.8 Å². The molecule has 0 unspecified atom stereocenters. The van der Waals surface area contributed by atoms with Crippen LogP contribution in [0.25, 0.3) is 11.0 Å². The van der Waals surface area contributed by atoms with Gasteiger partial charge < -0.3 is 5.73 Å². The van der Waals surface area contributed by atoms with Crippen molar-refractivity contribution in [1.29, 1.82) is 0 Å². The molecule has 1 aromatic carbocycles. The molecule has 6 nitrogen and oxygen atoms in total. The molecule has 1 aromatic heterocycles. The van der Waals surface area contributed by atoms with E-state index in [0.717, 1.165) is 42.4 Å². The molecule has 2 rings (SSSR count). The molecule has 0 aliphatic heterocycles. The van der Waals surface area contributed by atoms with Crippen molar-refractivity contribution < 1.29 is 10.5 Å². The van der Waals surface area contributed by atoms with Gasteiger partial charge in [-0.2, -0.15) is 5.10 Å².